The van der Waals surface area contributed by atoms with Gasteiger partial charge in [-0.1, -0.05) is 48.5 Å². The van der Waals surface area contributed by atoms with Crippen molar-refractivity contribution in [3.05, 3.63) is 101 Å². The second kappa shape index (κ2) is 11.0. The van der Waals surface area contributed by atoms with E-state index in [0.29, 0.717) is 16.9 Å². The number of ether oxygens (including phenoxy) is 1. The monoisotopic (exact) mass is 457 g/mol. The number of likely N-dealkylation sites (tertiary alicyclic amines) is 1. The lowest BCUT2D eigenvalue weighted by atomic mass is 10.0. The van der Waals surface area contributed by atoms with Crippen LogP contribution in [0.5, 0.6) is 5.75 Å². The lowest BCUT2D eigenvalue weighted by Crippen LogP contribution is -2.44. The average molecular weight is 458 g/mol. The molecule has 0 aromatic heterocycles. The molecule has 1 fully saturated rings. The third-order valence-electron chi connectivity index (χ3n) is 6.31. The van der Waals surface area contributed by atoms with Crippen molar-refractivity contribution >= 4 is 11.8 Å². The van der Waals surface area contributed by atoms with E-state index in [4.69, 9.17) is 10.5 Å². The molecule has 6 nitrogen and oxygen atoms in total. The topological polar surface area (TPSA) is 84.7 Å². The summed E-state index contributed by atoms with van der Waals surface area (Å²) in [5.74, 6) is -0.173. The van der Waals surface area contributed by atoms with Crippen LogP contribution in [-0.4, -0.2) is 35.8 Å². The molecule has 3 aromatic carbocycles. The van der Waals surface area contributed by atoms with Crippen LogP contribution in [0, 0.1) is 6.92 Å². The van der Waals surface area contributed by atoms with Gasteiger partial charge in [0.15, 0.2) is 0 Å². The van der Waals surface area contributed by atoms with Gasteiger partial charge >= 0.3 is 0 Å². The first kappa shape index (κ1) is 23.5. The van der Waals surface area contributed by atoms with Gasteiger partial charge in [0.2, 0.25) is 0 Å². The fourth-order valence-corrected chi connectivity index (χ4v) is 4.29. The van der Waals surface area contributed by atoms with Crippen molar-refractivity contribution in [1.82, 2.24) is 10.2 Å². The van der Waals surface area contributed by atoms with Crippen molar-refractivity contribution < 1.29 is 14.3 Å². The molecule has 0 saturated carbocycles. The number of aryl methyl sites for hydroxylation is 1. The first-order valence-corrected chi connectivity index (χ1v) is 11.7. The van der Waals surface area contributed by atoms with E-state index in [1.54, 1.807) is 24.3 Å². The van der Waals surface area contributed by atoms with Crippen LogP contribution in [0.3, 0.4) is 0 Å². The molecule has 0 spiro atoms. The molecule has 0 aliphatic carbocycles. The van der Waals surface area contributed by atoms with Gasteiger partial charge in [0.05, 0.1) is 5.56 Å². The zero-order chi connectivity index (χ0) is 23.9. The lowest BCUT2D eigenvalue weighted by molar-refractivity contribution is 0.0908. The Morgan fingerprint density at radius 2 is 1.74 bits per heavy atom. The molecule has 0 atom stereocenters. The molecule has 0 bridgehead atoms. The maximum atomic E-state index is 12.9. The summed E-state index contributed by atoms with van der Waals surface area (Å²) >= 11 is 0. The van der Waals surface area contributed by atoms with E-state index >= 15 is 0 Å². The highest BCUT2D eigenvalue weighted by molar-refractivity contribution is 5.95. The first-order valence-electron chi connectivity index (χ1n) is 11.7. The summed E-state index contributed by atoms with van der Waals surface area (Å²) in [5.41, 5.74) is 9.89. The normalized spacial score (nSPS) is 14.5. The molecule has 4 rings (SSSR count). The molecule has 2 amide bonds. The van der Waals surface area contributed by atoms with E-state index in [1.165, 1.54) is 11.1 Å². The molecule has 1 saturated heterocycles. The third kappa shape index (κ3) is 6.02. The Morgan fingerprint density at radius 3 is 2.50 bits per heavy atom. The molecule has 3 N–H and O–H groups in total. The Morgan fingerprint density at radius 1 is 1.00 bits per heavy atom. The molecular weight excluding hydrogens is 426 g/mol. The average Bonchev–Trinajstić information content (AvgIpc) is 2.85. The van der Waals surface area contributed by atoms with Gasteiger partial charge in [-0.25, -0.2) is 0 Å². The van der Waals surface area contributed by atoms with Gasteiger partial charge in [-0.05, 0) is 60.7 Å². The number of carbonyl (C=O) groups excluding carboxylic acids is 2. The molecule has 34 heavy (non-hydrogen) atoms. The number of nitrogens with one attached hydrogen (secondary N) is 1. The maximum absolute atomic E-state index is 12.9. The van der Waals surface area contributed by atoms with Crippen molar-refractivity contribution in [2.45, 2.75) is 39.0 Å². The number of para-hydroxylation sites is 1. The van der Waals surface area contributed by atoms with Crippen LogP contribution in [0.4, 0.5) is 0 Å². The van der Waals surface area contributed by atoms with E-state index in [-0.39, 0.29) is 18.6 Å². The number of carbonyl (C=O) groups is 2. The van der Waals surface area contributed by atoms with Crippen LogP contribution in [0.25, 0.3) is 0 Å². The maximum Gasteiger partial charge on any atom is 0.252 e. The van der Waals surface area contributed by atoms with Gasteiger partial charge in [0.25, 0.3) is 11.8 Å². The van der Waals surface area contributed by atoms with E-state index in [2.05, 4.69) is 41.4 Å². The van der Waals surface area contributed by atoms with Crippen LogP contribution in [-0.2, 0) is 13.2 Å². The standard InChI is InChI=1S/C28H31N3O3/c1-20-7-2-3-9-23(20)18-31-15-13-24(14-16-31)30-28(33)22-10-6-8-21(17-22)19-34-26-12-5-4-11-25(26)27(29)32/h2-12,17,24H,13-16,18-19H2,1H3,(H2,29,32)(H,30,33). The summed E-state index contributed by atoms with van der Waals surface area (Å²) in [6.07, 6.45) is 1.87. The molecule has 1 heterocycles. The summed E-state index contributed by atoms with van der Waals surface area (Å²) in [6.45, 7) is 5.27. The van der Waals surface area contributed by atoms with Crippen LogP contribution >= 0.6 is 0 Å². The predicted octanol–water partition coefficient (Wildman–Crippen LogP) is 4.07. The second-order valence-corrected chi connectivity index (χ2v) is 8.80. The van der Waals surface area contributed by atoms with E-state index in [9.17, 15) is 9.59 Å². The van der Waals surface area contributed by atoms with Crippen LogP contribution in [0.2, 0.25) is 0 Å². The van der Waals surface area contributed by atoms with E-state index in [0.717, 1.165) is 38.0 Å². The molecule has 0 radical (unpaired) electrons. The molecule has 1 aliphatic heterocycles. The highest BCUT2D eigenvalue weighted by atomic mass is 16.5. The van der Waals surface area contributed by atoms with Crippen molar-refractivity contribution in [1.29, 1.82) is 0 Å². The number of amides is 2. The zero-order valence-electron chi connectivity index (χ0n) is 19.5. The fraction of sp³-hybridized carbons (Fsp3) is 0.286. The first-order chi connectivity index (χ1) is 16.5. The molecular formula is C28H31N3O3. The summed E-state index contributed by atoms with van der Waals surface area (Å²) in [5, 5.41) is 3.19. The van der Waals surface area contributed by atoms with Gasteiger partial charge in [0, 0.05) is 31.2 Å². The van der Waals surface area contributed by atoms with E-state index < -0.39 is 5.91 Å². The van der Waals surface area contributed by atoms with Gasteiger partial charge in [-0.15, -0.1) is 0 Å². The number of nitrogens with zero attached hydrogens (tertiary/aromatic N) is 1. The van der Waals surface area contributed by atoms with Gasteiger partial charge < -0.3 is 15.8 Å². The quantitative estimate of drug-likeness (QED) is 0.534. The molecule has 1 aliphatic rings. The van der Waals surface area contributed by atoms with Gasteiger partial charge in [0.1, 0.15) is 12.4 Å². The van der Waals surface area contributed by atoms with Gasteiger partial charge in [-0.2, -0.15) is 0 Å². The van der Waals surface area contributed by atoms with Gasteiger partial charge in [-0.3, -0.25) is 14.5 Å². The number of piperidine rings is 1. The fourth-order valence-electron chi connectivity index (χ4n) is 4.29. The zero-order valence-corrected chi connectivity index (χ0v) is 19.5. The number of hydrogen-bond acceptors (Lipinski definition) is 4. The van der Waals surface area contributed by atoms with Crippen LogP contribution in [0.1, 0.15) is 50.2 Å². The highest BCUT2D eigenvalue weighted by Gasteiger charge is 2.21. The Kier molecular flexibility index (Phi) is 7.60. The van der Waals surface area contributed by atoms with E-state index in [1.807, 2.05) is 24.3 Å². The van der Waals surface area contributed by atoms with Crippen molar-refractivity contribution in [3.8, 4) is 5.75 Å². The number of primary amides is 1. The summed E-state index contributed by atoms with van der Waals surface area (Å²) in [4.78, 5) is 26.9. The van der Waals surface area contributed by atoms with Crippen molar-refractivity contribution in [3.63, 3.8) is 0 Å². The smallest absolute Gasteiger partial charge is 0.252 e. The molecule has 3 aromatic rings. The number of hydrogen-bond donors (Lipinski definition) is 2. The largest absolute Gasteiger partial charge is 0.488 e. The van der Waals surface area contributed by atoms with Crippen LogP contribution < -0.4 is 15.8 Å². The number of nitrogens with two attached hydrogens (primary N) is 1. The summed E-state index contributed by atoms with van der Waals surface area (Å²) in [6, 6.07) is 22.9. The minimum absolute atomic E-state index is 0.0725. The summed E-state index contributed by atoms with van der Waals surface area (Å²) in [7, 11) is 0. The van der Waals surface area contributed by atoms with Crippen molar-refractivity contribution in [2.75, 3.05) is 13.1 Å². The molecule has 176 valence electrons. The Hall–Kier alpha value is -3.64. The highest BCUT2D eigenvalue weighted by Crippen LogP contribution is 2.20. The number of benzene rings is 3. The van der Waals surface area contributed by atoms with Crippen molar-refractivity contribution in [2.24, 2.45) is 5.73 Å². The van der Waals surface area contributed by atoms with Crippen LogP contribution in [0.15, 0.2) is 72.8 Å². The number of rotatable bonds is 8. The molecule has 6 heteroatoms. The minimum Gasteiger partial charge on any atom is -0.488 e. The SMILES string of the molecule is Cc1ccccc1CN1CCC(NC(=O)c2cccc(COc3ccccc3C(N)=O)c2)CC1. The minimum atomic E-state index is -0.534. The Labute approximate surface area is 200 Å². The third-order valence-corrected chi connectivity index (χ3v) is 6.31. The molecule has 0 unspecified atom stereocenters. The summed E-state index contributed by atoms with van der Waals surface area (Å²) < 4.78 is 5.80. The predicted molar refractivity (Wildman–Crippen MR) is 133 cm³/mol. The Balaban J connectivity index is 1.29. The second-order valence-electron chi connectivity index (χ2n) is 8.80. The lowest BCUT2D eigenvalue weighted by Gasteiger charge is -2.32. The Bertz CT molecular complexity index is 1150.